The van der Waals surface area contributed by atoms with E-state index in [1.807, 2.05) is 12.1 Å². The summed E-state index contributed by atoms with van der Waals surface area (Å²) in [6.07, 6.45) is 0.552. The number of nitrogens with two attached hydrogens (primary N) is 1. The normalized spacial score (nSPS) is 18.3. The maximum absolute atomic E-state index is 11.5. The number of carbonyl (C=O) groups is 2. The third-order valence-electron chi connectivity index (χ3n) is 2.64. The Hall–Kier alpha value is -1.82. The van der Waals surface area contributed by atoms with Crippen molar-refractivity contribution in [2.75, 3.05) is 6.61 Å². The topological polar surface area (TPSA) is 81.8 Å². The molecule has 2 N–H and O–H groups in total. The minimum Gasteiger partial charge on any atom is -0.462 e. The zero-order valence-corrected chi connectivity index (χ0v) is 11.3. The fourth-order valence-corrected chi connectivity index (χ4v) is 2.60. The molecule has 0 aliphatic carbocycles. The SMILES string of the molecule is CCOC(=O)c1ccc(C[C@@H]2SC(N)=NC2=O)cc1. The summed E-state index contributed by atoms with van der Waals surface area (Å²) < 4.78 is 4.90. The van der Waals surface area contributed by atoms with Gasteiger partial charge in [-0.05, 0) is 31.0 Å². The molecule has 1 aromatic rings. The zero-order chi connectivity index (χ0) is 13.8. The van der Waals surface area contributed by atoms with Gasteiger partial charge in [-0.25, -0.2) is 4.79 Å². The van der Waals surface area contributed by atoms with E-state index in [1.165, 1.54) is 11.8 Å². The van der Waals surface area contributed by atoms with Crippen molar-refractivity contribution in [2.45, 2.75) is 18.6 Å². The van der Waals surface area contributed by atoms with E-state index in [0.29, 0.717) is 23.8 Å². The number of hydrogen-bond donors (Lipinski definition) is 1. The van der Waals surface area contributed by atoms with Gasteiger partial charge < -0.3 is 10.5 Å². The van der Waals surface area contributed by atoms with Crippen molar-refractivity contribution in [3.8, 4) is 0 Å². The van der Waals surface area contributed by atoms with Crippen molar-refractivity contribution in [1.29, 1.82) is 0 Å². The highest BCUT2D eigenvalue weighted by Gasteiger charge is 2.26. The molecule has 1 aliphatic heterocycles. The first-order chi connectivity index (χ1) is 9.10. The fourth-order valence-electron chi connectivity index (χ4n) is 1.74. The Labute approximate surface area is 115 Å². The van der Waals surface area contributed by atoms with Gasteiger partial charge in [0.15, 0.2) is 5.17 Å². The van der Waals surface area contributed by atoms with Gasteiger partial charge in [0.1, 0.15) is 0 Å². The largest absolute Gasteiger partial charge is 0.462 e. The highest BCUT2D eigenvalue weighted by Crippen LogP contribution is 2.23. The molecule has 0 radical (unpaired) electrons. The number of benzene rings is 1. The first-order valence-corrected chi connectivity index (χ1v) is 6.79. The van der Waals surface area contributed by atoms with Gasteiger partial charge in [0.25, 0.3) is 5.91 Å². The highest BCUT2D eigenvalue weighted by atomic mass is 32.2. The predicted octanol–water partition coefficient (Wildman–Crippen LogP) is 1.36. The fraction of sp³-hybridized carbons (Fsp3) is 0.308. The number of amidine groups is 1. The van der Waals surface area contributed by atoms with Crippen LogP contribution in [0.5, 0.6) is 0 Å². The highest BCUT2D eigenvalue weighted by molar-refractivity contribution is 8.15. The van der Waals surface area contributed by atoms with Gasteiger partial charge in [0.05, 0.1) is 17.4 Å². The van der Waals surface area contributed by atoms with Gasteiger partial charge in [-0.1, -0.05) is 23.9 Å². The van der Waals surface area contributed by atoms with E-state index >= 15 is 0 Å². The van der Waals surface area contributed by atoms with E-state index in [2.05, 4.69) is 4.99 Å². The Morgan fingerprint density at radius 3 is 2.63 bits per heavy atom. The van der Waals surface area contributed by atoms with Crippen molar-refractivity contribution in [3.63, 3.8) is 0 Å². The van der Waals surface area contributed by atoms with Crippen LogP contribution in [0.3, 0.4) is 0 Å². The maximum atomic E-state index is 11.5. The summed E-state index contributed by atoms with van der Waals surface area (Å²) in [5.74, 6) is -0.537. The van der Waals surface area contributed by atoms with Gasteiger partial charge in [0, 0.05) is 0 Å². The molecule has 1 aromatic carbocycles. The van der Waals surface area contributed by atoms with Crippen molar-refractivity contribution in [1.82, 2.24) is 0 Å². The van der Waals surface area contributed by atoms with Crippen LogP contribution in [0.15, 0.2) is 29.3 Å². The van der Waals surface area contributed by atoms with Crippen molar-refractivity contribution >= 4 is 28.8 Å². The molecule has 0 aromatic heterocycles. The molecule has 0 saturated heterocycles. The van der Waals surface area contributed by atoms with E-state index < -0.39 is 0 Å². The molecular formula is C13H14N2O3S. The second-order valence-electron chi connectivity index (χ2n) is 4.02. The third-order valence-corrected chi connectivity index (χ3v) is 3.63. The lowest BCUT2D eigenvalue weighted by molar-refractivity contribution is -0.117. The van der Waals surface area contributed by atoms with Crippen LogP contribution in [0.1, 0.15) is 22.8 Å². The van der Waals surface area contributed by atoms with Crippen molar-refractivity contribution in [2.24, 2.45) is 10.7 Å². The Morgan fingerprint density at radius 2 is 2.11 bits per heavy atom. The number of thioether (sulfide) groups is 1. The number of amides is 1. The van der Waals surface area contributed by atoms with Crippen LogP contribution in [0.2, 0.25) is 0 Å². The first-order valence-electron chi connectivity index (χ1n) is 5.91. The number of rotatable bonds is 4. The summed E-state index contributed by atoms with van der Waals surface area (Å²) in [5.41, 5.74) is 6.97. The Morgan fingerprint density at radius 1 is 1.42 bits per heavy atom. The second kappa shape index (κ2) is 5.88. The van der Waals surface area contributed by atoms with Gasteiger partial charge in [0.2, 0.25) is 0 Å². The van der Waals surface area contributed by atoms with Crippen LogP contribution >= 0.6 is 11.8 Å². The van der Waals surface area contributed by atoms with Crippen molar-refractivity contribution in [3.05, 3.63) is 35.4 Å². The molecule has 1 aliphatic rings. The minimum absolute atomic E-state index is 0.197. The van der Waals surface area contributed by atoms with E-state index in [-0.39, 0.29) is 17.1 Å². The zero-order valence-electron chi connectivity index (χ0n) is 10.5. The summed E-state index contributed by atoms with van der Waals surface area (Å²) in [7, 11) is 0. The van der Waals surface area contributed by atoms with Crippen LogP contribution in [-0.4, -0.2) is 28.9 Å². The summed E-state index contributed by atoms with van der Waals surface area (Å²) in [5, 5.41) is 0.0617. The van der Waals surface area contributed by atoms with Crippen molar-refractivity contribution < 1.29 is 14.3 Å². The Balaban J connectivity index is 2.00. The molecule has 5 nitrogen and oxygen atoms in total. The monoisotopic (exact) mass is 278 g/mol. The van der Waals surface area contributed by atoms with Gasteiger partial charge >= 0.3 is 5.97 Å². The Kier molecular flexibility index (Phi) is 4.21. The molecule has 19 heavy (non-hydrogen) atoms. The molecule has 2 rings (SSSR count). The number of esters is 1. The molecule has 0 unspecified atom stereocenters. The number of aliphatic imine (C=N–C) groups is 1. The second-order valence-corrected chi connectivity index (χ2v) is 5.24. The lowest BCUT2D eigenvalue weighted by Gasteiger charge is -2.07. The molecule has 1 atom stereocenters. The number of carbonyl (C=O) groups excluding carboxylic acids is 2. The molecule has 0 fully saturated rings. The third kappa shape index (κ3) is 3.35. The van der Waals surface area contributed by atoms with Gasteiger partial charge in [-0.15, -0.1) is 0 Å². The summed E-state index contributed by atoms with van der Waals surface area (Å²) in [6, 6.07) is 7.02. The maximum Gasteiger partial charge on any atom is 0.338 e. The molecule has 1 heterocycles. The minimum atomic E-state index is -0.340. The van der Waals surface area contributed by atoms with E-state index in [1.54, 1.807) is 19.1 Å². The molecule has 0 bridgehead atoms. The number of nitrogens with zero attached hydrogens (tertiary/aromatic N) is 1. The first kappa shape index (κ1) is 13.6. The smallest absolute Gasteiger partial charge is 0.338 e. The summed E-state index contributed by atoms with van der Waals surface area (Å²) in [6.45, 7) is 2.12. The molecule has 6 heteroatoms. The molecule has 0 saturated carbocycles. The lowest BCUT2D eigenvalue weighted by atomic mass is 10.1. The molecule has 1 amide bonds. The lowest BCUT2D eigenvalue weighted by Crippen LogP contribution is -2.14. The average Bonchev–Trinajstić information content (AvgIpc) is 2.69. The summed E-state index contributed by atoms with van der Waals surface area (Å²) in [4.78, 5) is 26.6. The summed E-state index contributed by atoms with van der Waals surface area (Å²) >= 11 is 1.27. The predicted molar refractivity (Wildman–Crippen MR) is 74.1 cm³/mol. The number of ether oxygens (including phenoxy) is 1. The molecule has 100 valence electrons. The molecular weight excluding hydrogens is 264 g/mol. The van der Waals surface area contributed by atoms with Gasteiger partial charge in [-0.3, -0.25) is 4.79 Å². The number of hydrogen-bond acceptors (Lipinski definition) is 5. The van der Waals surface area contributed by atoms with Crippen LogP contribution in [0.4, 0.5) is 0 Å². The van der Waals surface area contributed by atoms with E-state index in [4.69, 9.17) is 10.5 Å². The average molecular weight is 278 g/mol. The van der Waals surface area contributed by atoms with Crippen LogP contribution in [-0.2, 0) is 16.0 Å². The van der Waals surface area contributed by atoms with Crippen LogP contribution in [0, 0.1) is 0 Å². The quantitative estimate of drug-likeness (QED) is 0.841. The van der Waals surface area contributed by atoms with Gasteiger partial charge in [-0.2, -0.15) is 4.99 Å². The Bertz CT molecular complexity index is 525. The van der Waals surface area contributed by atoms with Crippen LogP contribution in [0.25, 0.3) is 0 Å². The van der Waals surface area contributed by atoms with Crippen LogP contribution < -0.4 is 5.73 Å². The van der Waals surface area contributed by atoms with E-state index in [0.717, 1.165) is 5.56 Å². The van der Waals surface area contributed by atoms with E-state index in [9.17, 15) is 9.59 Å². The standard InChI is InChI=1S/C13H14N2O3S/c1-2-18-12(17)9-5-3-8(4-6-9)7-10-11(16)15-13(14)19-10/h3-6,10H,2,7H2,1H3,(H2,14,15,16)/t10-/m0/s1. The molecule has 0 spiro atoms.